The maximum Gasteiger partial charge on any atom is 0.258 e. The first-order chi connectivity index (χ1) is 19.4. The van der Waals surface area contributed by atoms with Crippen LogP contribution in [0.2, 0.25) is 0 Å². The van der Waals surface area contributed by atoms with Crippen LogP contribution in [0.1, 0.15) is 48.1 Å². The minimum atomic E-state index is -0.305. The van der Waals surface area contributed by atoms with Gasteiger partial charge in [-0.3, -0.25) is 14.9 Å². The van der Waals surface area contributed by atoms with Crippen molar-refractivity contribution < 1.29 is 9.59 Å². The first-order valence-corrected chi connectivity index (χ1v) is 13.7. The molecule has 0 bridgehead atoms. The molecule has 2 amide bonds. The Hall–Kier alpha value is -4.09. The topological polar surface area (TPSA) is 120 Å². The highest BCUT2D eigenvalue weighted by Crippen LogP contribution is 2.32. The third-order valence-corrected chi connectivity index (χ3v) is 6.74. The van der Waals surface area contributed by atoms with Gasteiger partial charge in [0.1, 0.15) is 6.34 Å². The molecule has 2 aromatic heterocycles. The normalized spacial score (nSPS) is 16.2. The maximum atomic E-state index is 13.4. The number of hydrogen-bond donors (Lipinski definition) is 3. The molecule has 0 aliphatic carbocycles. The molecule has 1 aliphatic heterocycles. The molecule has 4 rings (SSSR count). The summed E-state index contributed by atoms with van der Waals surface area (Å²) in [6.07, 6.45) is 9.39. The largest absolute Gasteiger partial charge is 0.337 e. The second-order valence-electron chi connectivity index (χ2n) is 10.1. The van der Waals surface area contributed by atoms with E-state index in [2.05, 4.69) is 30.7 Å². The van der Waals surface area contributed by atoms with Crippen LogP contribution in [0.5, 0.6) is 0 Å². The number of imidazole rings is 1. The van der Waals surface area contributed by atoms with Crippen molar-refractivity contribution in [1.29, 1.82) is 0 Å². The van der Waals surface area contributed by atoms with Crippen LogP contribution in [-0.4, -0.2) is 82.8 Å². The van der Waals surface area contributed by atoms with Crippen LogP contribution >= 0.6 is 0 Å². The number of carbonyl (C=O) groups is 2. The number of nitrogens with one attached hydrogen (secondary N) is 3. The summed E-state index contributed by atoms with van der Waals surface area (Å²) in [6.45, 7) is 6.71. The summed E-state index contributed by atoms with van der Waals surface area (Å²) in [6, 6.07) is 9.21. The standard InChI is InChI=1S/C29H39N9O2/c1-5-32-33-20-31-25-18-22(14-15-30-25)28(40)35-29-34-24-12-8-10-21(2)27(24)38(29)23-11-6-7-17-37(19-23)26(39)13-9-16-36(3)4/h8-10,12-15,18,20,23,32H,5-7,11,16-17,19H2,1-4H3,(H,30,31,33)(H,34,35,40)/b13-9+. The SMILES string of the molecule is CCNNC=Nc1cc(C(=O)Nc2nc3cccc(C)c3n2C2CCCCN(C(=O)/C=C/CN(C)C)C2)ccn1. The molecule has 1 aromatic carbocycles. The lowest BCUT2D eigenvalue weighted by molar-refractivity contribution is -0.126. The van der Waals surface area contributed by atoms with Crippen LogP contribution < -0.4 is 16.2 Å². The fourth-order valence-corrected chi connectivity index (χ4v) is 4.81. The number of hydrogen-bond acceptors (Lipinski definition) is 7. The number of benzene rings is 1. The number of anilines is 1. The monoisotopic (exact) mass is 545 g/mol. The summed E-state index contributed by atoms with van der Waals surface area (Å²) in [5, 5.41) is 3.04. The molecule has 11 nitrogen and oxygen atoms in total. The number of amides is 2. The number of aryl methyl sites for hydroxylation is 1. The third kappa shape index (κ3) is 7.30. The number of likely N-dealkylation sites (tertiary alicyclic amines) is 1. The number of hydrazine groups is 1. The van der Waals surface area contributed by atoms with Gasteiger partial charge in [0, 0.05) is 44.0 Å². The summed E-state index contributed by atoms with van der Waals surface area (Å²) in [4.78, 5) is 43.7. The Labute approximate surface area is 235 Å². The van der Waals surface area contributed by atoms with E-state index in [-0.39, 0.29) is 17.9 Å². The van der Waals surface area contributed by atoms with E-state index in [0.29, 0.717) is 37.0 Å². The first kappa shape index (κ1) is 28.9. The molecular formula is C29H39N9O2. The van der Waals surface area contributed by atoms with Gasteiger partial charge in [-0.05, 0) is 64.0 Å². The lowest BCUT2D eigenvalue weighted by Gasteiger charge is -2.26. The van der Waals surface area contributed by atoms with E-state index >= 15 is 0 Å². The van der Waals surface area contributed by atoms with Gasteiger partial charge in [-0.2, -0.15) is 0 Å². The highest BCUT2D eigenvalue weighted by Gasteiger charge is 2.27. The van der Waals surface area contributed by atoms with E-state index in [0.717, 1.165) is 42.4 Å². The fraction of sp³-hybridized carbons (Fsp3) is 0.414. The number of aromatic nitrogens is 3. The molecule has 1 saturated heterocycles. The third-order valence-electron chi connectivity index (χ3n) is 6.74. The number of para-hydroxylation sites is 1. The predicted octanol–water partition coefficient (Wildman–Crippen LogP) is 3.44. The van der Waals surface area contributed by atoms with Crippen molar-refractivity contribution in [2.75, 3.05) is 45.6 Å². The summed E-state index contributed by atoms with van der Waals surface area (Å²) in [7, 11) is 3.95. The molecular weight excluding hydrogens is 506 g/mol. The number of carbonyl (C=O) groups excluding carboxylic acids is 2. The number of likely N-dealkylation sites (N-methyl/N-ethyl adjacent to an activating group) is 1. The second kappa shape index (κ2) is 13.8. The Kier molecular flexibility index (Phi) is 9.98. The van der Waals surface area contributed by atoms with Crippen molar-refractivity contribution in [3.63, 3.8) is 0 Å². The first-order valence-electron chi connectivity index (χ1n) is 13.7. The Morgan fingerprint density at radius 1 is 1.23 bits per heavy atom. The second-order valence-corrected chi connectivity index (χ2v) is 10.1. The van der Waals surface area contributed by atoms with Gasteiger partial charge in [0.25, 0.3) is 5.91 Å². The molecule has 3 N–H and O–H groups in total. The number of fused-ring (bicyclic) bond motifs is 1. The van der Waals surface area contributed by atoms with Crippen LogP contribution in [0.25, 0.3) is 11.0 Å². The Morgan fingerprint density at radius 3 is 2.88 bits per heavy atom. The minimum Gasteiger partial charge on any atom is -0.337 e. The van der Waals surface area contributed by atoms with Gasteiger partial charge in [-0.25, -0.2) is 20.4 Å². The van der Waals surface area contributed by atoms with Gasteiger partial charge in [-0.15, -0.1) is 0 Å². The Balaban J connectivity index is 1.62. The van der Waals surface area contributed by atoms with Crippen molar-refractivity contribution >= 4 is 41.0 Å². The van der Waals surface area contributed by atoms with Gasteiger partial charge in [0.15, 0.2) is 5.82 Å². The van der Waals surface area contributed by atoms with Crippen LogP contribution in [0, 0.1) is 6.92 Å². The van der Waals surface area contributed by atoms with Crippen molar-refractivity contribution in [3.8, 4) is 0 Å². The molecule has 1 atom stereocenters. The summed E-state index contributed by atoms with van der Waals surface area (Å²) in [5.41, 5.74) is 9.02. The molecule has 0 radical (unpaired) electrons. The van der Waals surface area contributed by atoms with Gasteiger partial charge < -0.3 is 19.8 Å². The van der Waals surface area contributed by atoms with Gasteiger partial charge >= 0.3 is 0 Å². The minimum absolute atomic E-state index is 0.00831. The van der Waals surface area contributed by atoms with Gasteiger partial charge in [0.05, 0.1) is 17.1 Å². The Bertz CT molecular complexity index is 1380. The van der Waals surface area contributed by atoms with E-state index in [4.69, 9.17) is 4.98 Å². The molecule has 1 fully saturated rings. The zero-order valence-corrected chi connectivity index (χ0v) is 23.7. The smallest absolute Gasteiger partial charge is 0.258 e. The van der Waals surface area contributed by atoms with Crippen molar-refractivity contribution in [2.24, 2.45) is 4.99 Å². The molecule has 40 heavy (non-hydrogen) atoms. The van der Waals surface area contributed by atoms with E-state index in [1.807, 2.05) is 62.0 Å². The number of pyridine rings is 1. The van der Waals surface area contributed by atoms with Crippen LogP contribution in [-0.2, 0) is 4.79 Å². The zero-order chi connectivity index (χ0) is 28.5. The van der Waals surface area contributed by atoms with E-state index in [9.17, 15) is 9.59 Å². The average molecular weight is 546 g/mol. The molecule has 1 unspecified atom stereocenters. The van der Waals surface area contributed by atoms with E-state index in [1.54, 1.807) is 24.4 Å². The van der Waals surface area contributed by atoms with E-state index in [1.165, 1.54) is 6.34 Å². The Morgan fingerprint density at radius 2 is 2.08 bits per heavy atom. The van der Waals surface area contributed by atoms with Crippen LogP contribution in [0.4, 0.5) is 11.8 Å². The predicted molar refractivity (Wildman–Crippen MR) is 159 cm³/mol. The van der Waals surface area contributed by atoms with Gasteiger partial charge in [-0.1, -0.05) is 25.1 Å². The molecule has 1 aliphatic rings. The average Bonchev–Trinajstić information content (AvgIpc) is 3.12. The number of nitrogens with zero attached hydrogens (tertiary/aromatic N) is 6. The van der Waals surface area contributed by atoms with Crippen molar-refractivity contribution in [2.45, 2.75) is 39.2 Å². The molecule has 3 aromatic rings. The summed E-state index contributed by atoms with van der Waals surface area (Å²) in [5.74, 6) is 0.574. The van der Waals surface area contributed by atoms with E-state index < -0.39 is 0 Å². The molecule has 0 spiro atoms. The van der Waals surface area contributed by atoms with Crippen LogP contribution in [0.15, 0.2) is 53.7 Å². The summed E-state index contributed by atoms with van der Waals surface area (Å²) >= 11 is 0. The molecule has 11 heteroatoms. The van der Waals surface area contributed by atoms with Crippen molar-refractivity contribution in [3.05, 3.63) is 59.8 Å². The van der Waals surface area contributed by atoms with Crippen molar-refractivity contribution in [1.82, 2.24) is 35.2 Å². The maximum absolute atomic E-state index is 13.4. The highest BCUT2D eigenvalue weighted by molar-refractivity contribution is 6.04. The number of aliphatic imine (C=N–C) groups is 1. The number of rotatable bonds is 10. The quantitative estimate of drug-likeness (QED) is 0.117. The summed E-state index contributed by atoms with van der Waals surface area (Å²) < 4.78 is 2.11. The highest BCUT2D eigenvalue weighted by atomic mass is 16.2. The fourth-order valence-electron chi connectivity index (χ4n) is 4.81. The molecule has 3 heterocycles. The lowest BCUT2D eigenvalue weighted by atomic mass is 10.1. The molecule has 212 valence electrons. The van der Waals surface area contributed by atoms with Gasteiger partial charge in [0.2, 0.25) is 11.9 Å². The zero-order valence-electron chi connectivity index (χ0n) is 23.7. The van der Waals surface area contributed by atoms with Crippen LogP contribution in [0.3, 0.4) is 0 Å². The lowest BCUT2D eigenvalue weighted by Crippen LogP contribution is -2.35. The molecule has 0 saturated carbocycles.